The minimum absolute atomic E-state index is 0.0821. The average Bonchev–Trinajstić information content (AvgIpc) is 3.10. The number of thiophene rings is 1. The molecule has 0 aliphatic heterocycles. The second kappa shape index (κ2) is 8.14. The number of H-pyrrole nitrogens is 1. The molecule has 146 valence electrons. The Balaban J connectivity index is 1.47. The second-order valence-corrected chi connectivity index (χ2v) is 7.92. The summed E-state index contributed by atoms with van der Waals surface area (Å²) in [5.41, 5.74) is 0.994. The topological polar surface area (TPSA) is 81.3 Å². The zero-order chi connectivity index (χ0) is 19.5. The third-order valence-corrected chi connectivity index (χ3v) is 6.07. The molecule has 1 aliphatic rings. The van der Waals surface area contributed by atoms with E-state index in [2.05, 4.69) is 9.97 Å². The lowest BCUT2D eigenvalue weighted by Crippen LogP contribution is -2.29. The number of hydrogen-bond donors (Lipinski definition) is 1. The number of esters is 1. The highest BCUT2D eigenvalue weighted by atomic mass is 32.1. The Hall–Kier alpha value is -2.67. The van der Waals surface area contributed by atoms with Gasteiger partial charge in [-0.05, 0) is 49.8 Å². The Morgan fingerprint density at radius 3 is 2.82 bits per heavy atom. The van der Waals surface area contributed by atoms with Gasteiger partial charge >= 0.3 is 5.97 Å². The Morgan fingerprint density at radius 1 is 1.25 bits per heavy atom. The van der Waals surface area contributed by atoms with Crippen LogP contribution in [0.25, 0.3) is 10.2 Å². The van der Waals surface area contributed by atoms with E-state index < -0.39 is 12.1 Å². The smallest absolute Gasteiger partial charge is 0.347 e. The summed E-state index contributed by atoms with van der Waals surface area (Å²) in [5, 5.41) is 0.702. The summed E-state index contributed by atoms with van der Waals surface area (Å²) >= 11 is 1.58. The highest BCUT2D eigenvalue weighted by molar-refractivity contribution is 7.18. The number of ether oxygens (including phenoxy) is 2. The summed E-state index contributed by atoms with van der Waals surface area (Å²) in [6.45, 7) is 1.78. The quantitative estimate of drug-likeness (QED) is 0.640. The molecule has 1 atom stereocenters. The van der Waals surface area contributed by atoms with Gasteiger partial charge in [0.05, 0.1) is 5.39 Å². The molecule has 0 spiro atoms. The number of benzene rings is 1. The van der Waals surface area contributed by atoms with Gasteiger partial charge in [0.2, 0.25) is 0 Å². The van der Waals surface area contributed by atoms with Crippen LogP contribution in [0.1, 0.15) is 42.5 Å². The first-order valence-electron chi connectivity index (χ1n) is 9.57. The number of aryl methyl sites for hydroxylation is 2. The van der Waals surface area contributed by atoms with Gasteiger partial charge in [-0.2, -0.15) is 0 Å². The summed E-state index contributed by atoms with van der Waals surface area (Å²) in [7, 11) is 0. The van der Waals surface area contributed by atoms with E-state index in [0.29, 0.717) is 23.4 Å². The highest BCUT2D eigenvalue weighted by Crippen LogP contribution is 2.33. The first kappa shape index (κ1) is 18.7. The van der Waals surface area contributed by atoms with Crippen LogP contribution < -0.4 is 10.3 Å². The van der Waals surface area contributed by atoms with Crippen molar-refractivity contribution in [1.29, 1.82) is 0 Å². The molecular weight excluding hydrogens is 376 g/mol. The summed E-state index contributed by atoms with van der Waals surface area (Å²) in [5.74, 6) is 0.502. The van der Waals surface area contributed by atoms with Gasteiger partial charge in [0, 0.05) is 4.88 Å². The largest absolute Gasteiger partial charge is 0.479 e. The molecule has 2 aromatic heterocycles. The van der Waals surface area contributed by atoms with Crippen LogP contribution in [0.2, 0.25) is 0 Å². The molecule has 1 N–H and O–H groups in total. The highest BCUT2D eigenvalue weighted by Gasteiger charge is 2.22. The fourth-order valence-corrected chi connectivity index (χ4v) is 4.75. The Morgan fingerprint density at radius 2 is 2.04 bits per heavy atom. The molecule has 7 heteroatoms. The van der Waals surface area contributed by atoms with E-state index in [1.54, 1.807) is 23.5 Å². The molecule has 0 radical (unpaired) electrons. The maximum absolute atomic E-state index is 12.6. The number of para-hydroxylation sites is 1. The summed E-state index contributed by atoms with van der Waals surface area (Å²) < 4.78 is 11.1. The van der Waals surface area contributed by atoms with E-state index in [1.807, 2.05) is 25.1 Å². The maximum Gasteiger partial charge on any atom is 0.347 e. The lowest BCUT2D eigenvalue weighted by Gasteiger charge is -2.16. The van der Waals surface area contributed by atoms with Gasteiger partial charge in [0.1, 0.15) is 23.0 Å². The Labute approximate surface area is 166 Å². The number of aromatic nitrogens is 2. The molecule has 2 heterocycles. The predicted molar refractivity (Wildman–Crippen MR) is 108 cm³/mol. The van der Waals surface area contributed by atoms with Crippen molar-refractivity contribution in [3.8, 4) is 5.75 Å². The van der Waals surface area contributed by atoms with E-state index in [9.17, 15) is 9.59 Å². The van der Waals surface area contributed by atoms with Crippen molar-refractivity contribution in [2.75, 3.05) is 0 Å². The van der Waals surface area contributed by atoms with Crippen LogP contribution in [-0.2, 0) is 29.0 Å². The van der Waals surface area contributed by atoms with E-state index >= 15 is 0 Å². The maximum atomic E-state index is 12.6. The van der Waals surface area contributed by atoms with E-state index in [-0.39, 0.29) is 12.2 Å². The van der Waals surface area contributed by atoms with Crippen LogP contribution in [0.4, 0.5) is 0 Å². The molecular formula is C21H22N2O4S. The first-order valence-corrected chi connectivity index (χ1v) is 10.4. The molecule has 0 saturated carbocycles. The fraction of sp³-hybridized carbons (Fsp3) is 0.381. The van der Waals surface area contributed by atoms with Crippen LogP contribution in [0.5, 0.6) is 5.75 Å². The molecule has 6 nitrogen and oxygen atoms in total. The molecule has 0 amide bonds. The third-order valence-electron chi connectivity index (χ3n) is 4.88. The van der Waals surface area contributed by atoms with Gasteiger partial charge in [-0.1, -0.05) is 25.1 Å². The summed E-state index contributed by atoms with van der Waals surface area (Å²) in [4.78, 5) is 34.2. The van der Waals surface area contributed by atoms with Crippen molar-refractivity contribution >= 4 is 27.5 Å². The fourth-order valence-electron chi connectivity index (χ4n) is 3.47. The first-order chi connectivity index (χ1) is 13.7. The average molecular weight is 398 g/mol. The van der Waals surface area contributed by atoms with Crippen molar-refractivity contribution < 1.29 is 14.3 Å². The van der Waals surface area contributed by atoms with Gasteiger partial charge in [0.25, 0.3) is 5.56 Å². The SMILES string of the molecule is CC[C@H](Oc1ccccc1)C(=O)OCc1nc2sc3c(c2c(=O)[nH]1)CCCC3. The zero-order valence-electron chi connectivity index (χ0n) is 15.7. The van der Waals surface area contributed by atoms with E-state index in [0.717, 1.165) is 36.1 Å². The zero-order valence-corrected chi connectivity index (χ0v) is 16.5. The number of carbonyl (C=O) groups is 1. The van der Waals surface area contributed by atoms with Gasteiger partial charge in [-0.25, -0.2) is 9.78 Å². The van der Waals surface area contributed by atoms with Crippen molar-refractivity contribution in [3.05, 3.63) is 57.0 Å². The molecule has 3 aromatic rings. The number of aromatic amines is 1. The van der Waals surface area contributed by atoms with Crippen molar-refractivity contribution in [1.82, 2.24) is 9.97 Å². The third kappa shape index (κ3) is 3.80. The van der Waals surface area contributed by atoms with Crippen LogP contribution in [0.15, 0.2) is 35.1 Å². The number of rotatable bonds is 6. The molecule has 1 aliphatic carbocycles. The number of fused-ring (bicyclic) bond motifs is 3. The molecule has 0 fully saturated rings. The van der Waals surface area contributed by atoms with E-state index in [1.165, 1.54) is 4.88 Å². The number of nitrogens with one attached hydrogen (secondary N) is 1. The standard InChI is InChI=1S/C21H22N2O4S/c1-2-15(27-13-8-4-3-5-9-13)21(25)26-12-17-22-19(24)18-14-10-6-7-11-16(14)28-20(18)23-17/h3-5,8-9,15H,2,6-7,10-12H2,1H3,(H,22,23,24)/t15-/m0/s1. The van der Waals surface area contributed by atoms with Crippen LogP contribution in [-0.4, -0.2) is 22.0 Å². The van der Waals surface area contributed by atoms with Gasteiger partial charge in [-0.3, -0.25) is 4.79 Å². The molecule has 28 heavy (non-hydrogen) atoms. The van der Waals surface area contributed by atoms with Crippen LogP contribution >= 0.6 is 11.3 Å². The van der Waals surface area contributed by atoms with Crippen LogP contribution in [0.3, 0.4) is 0 Å². The number of hydrogen-bond acceptors (Lipinski definition) is 6. The van der Waals surface area contributed by atoms with Crippen molar-refractivity contribution in [2.24, 2.45) is 0 Å². The van der Waals surface area contributed by atoms with Gasteiger partial charge in [0.15, 0.2) is 6.10 Å². The molecule has 0 saturated heterocycles. The minimum atomic E-state index is -0.702. The van der Waals surface area contributed by atoms with E-state index in [4.69, 9.17) is 9.47 Å². The predicted octanol–water partition coefficient (Wildman–Crippen LogP) is 3.76. The van der Waals surface area contributed by atoms with Gasteiger partial charge in [-0.15, -0.1) is 11.3 Å². The lowest BCUT2D eigenvalue weighted by molar-refractivity contribution is -0.153. The monoisotopic (exact) mass is 398 g/mol. The molecule has 0 bridgehead atoms. The molecule has 1 aromatic carbocycles. The Kier molecular flexibility index (Phi) is 5.43. The van der Waals surface area contributed by atoms with Crippen LogP contribution in [0, 0.1) is 0 Å². The lowest BCUT2D eigenvalue weighted by atomic mass is 9.97. The second-order valence-electron chi connectivity index (χ2n) is 6.84. The Bertz CT molecular complexity index is 1040. The number of nitrogens with zero attached hydrogens (tertiary/aromatic N) is 1. The molecule has 0 unspecified atom stereocenters. The summed E-state index contributed by atoms with van der Waals surface area (Å²) in [6, 6.07) is 9.16. The van der Waals surface area contributed by atoms with Gasteiger partial charge < -0.3 is 14.5 Å². The normalized spacial score (nSPS) is 14.5. The molecule has 4 rings (SSSR count). The van der Waals surface area contributed by atoms with Crippen molar-refractivity contribution in [2.45, 2.75) is 51.7 Å². The minimum Gasteiger partial charge on any atom is -0.479 e. The number of carbonyl (C=O) groups excluding carboxylic acids is 1. The summed E-state index contributed by atoms with van der Waals surface area (Å²) in [6.07, 6.45) is 3.98. The van der Waals surface area contributed by atoms with Crippen molar-refractivity contribution in [3.63, 3.8) is 0 Å².